The van der Waals surface area contributed by atoms with Crippen LogP contribution in [0, 0.1) is 6.92 Å². The summed E-state index contributed by atoms with van der Waals surface area (Å²) in [5.74, 6) is 0.724. The van der Waals surface area contributed by atoms with Gasteiger partial charge in [-0.3, -0.25) is 4.79 Å². The van der Waals surface area contributed by atoms with Crippen LogP contribution in [0.25, 0.3) is 0 Å². The monoisotopic (exact) mass is 220 g/mol. The Morgan fingerprint density at radius 3 is 2.88 bits per heavy atom. The lowest BCUT2D eigenvalue weighted by molar-refractivity contribution is -0.118. The number of hydrogen-bond donors (Lipinski definition) is 2. The van der Waals surface area contributed by atoms with Gasteiger partial charge in [0.05, 0.1) is 18.8 Å². The summed E-state index contributed by atoms with van der Waals surface area (Å²) in [5, 5.41) is 5.90. The summed E-state index contributed by atoms with van der Waals surface area (Å²) < 4.78 is 5.25. The molecular formula is C12H16N2O2. The molecule has 0 spiro atoms. The van der Waals surface area contributed by atoms with Crippen molar-refractivity contribution in [3.63, 3.8) is 0 Å². The highest BCUT2D eigenvalue weighted by Crippen LogP contribution is 2.34. The summed E-state index contributed by atoms with van der Waals surface area (Å²) in [7, 11) is 3.41. The van der Waals surface area contributed by atoms with Crippen molar-refractivity contribution in [3.05, 3.63) is 23.3 Å². The van der Waals surface area contributed by atoms with Crippen molar-refractivity contribution in [3.8, 4) is 5.75 Å². The summed E-state index contributed by atoms with van der Waals surface area (Å²) >= 11 is 0. The number of anilines is 1. The lowest BCUT2D eigenvalue weighted by Crippen LogP contribution is -2.43. The lowest BCUT2D eigenvalue weighted by atomic mass is 9.94. The summed E-state index contributed by atoms with van der Waals surface area (Å²) in [4.78, 5) is 11.7. The average Bonchev–Trinajstić information content (AvgIpc) is 2.29. The summed E-state index contributed by atoms with van der Waals surface area (Å²) in [6.45, 7) is 2.04. The number of nitrogens with one attached hydrogen (secondary N) is 2. The predicted molar refractivity (Wildman–Crippen MR) is 62.9 cm³/mol. The summed E-state index contributed by atoms with van der Waals surface area (Å²) in [6, 6.07) is 3.74. The Labute approximate surface area is 95.0 Å². The Kier molecular flexibility index (Phi) is 2.83. The molecule has 0 aliphatic carbocycles. The van der Waals surface area contributed by atoms with E-state index in [-0.39, 0.29) is 11.9 Å². The predicted octanol–water partition coefficient (Wildman–Crippen LogP) is 1.09. The highest BCUT2D eigenvalue weighted by molar-refractivity contribution is 5.99. The van der Waals surface area contributed by atoms with Crippen LogP contribution in [-0.4, -0.2) is 26.1 Å². The fourth-order valence-electron chi connectivity index (χ4n) is 2.04. The molecule has 0 fully saturated rings. The molecule has 1 aliphatic rings. The van der Waals surface area contributed by atoms with Crippen molar-refractivity contribution in [2.75, 3.05) is 19.5 Å². The van der Waals surface area contributed by atoms with E-state index in [2.05, 4.69) is 10.6 Å². The Bertz CT molecular complexity index is 429. The van der Waals surface area contributed by atoms with Gasteiger partial charge in [0, 0.05) is 0 Å². The van der Waals surface area contributed by atoms with Crippen LogP contribution in [-0.2, 0) is 11.2 Å². The molecule has 16 heavy (non-hydrogen) atoms. The number of benzene rings is 1. The van der Waals surface area contributed by atoms with E-state index in [4.69, 9.17) is 4.74 Å². The van der Waals surface area contributed by atoms with Crippen LogP contribution in [0.15, 0.2) is 12.1 Å². The van der Waals surface area contributed by atoms with Crippen molar-refractivity contribution < 1.29 is 9.53 Å². The Morgan fingerprint density at radius 2 is 2.25 bits per heavy atom. The number of rotatable bonds is 2. The molecule has 4 heteroatoms. The van der Waals surface area contributed by atoms with Gasteiger partial charge in [0.1, 0.15) is 5.75 Å². The third-order valence-corrected chi connectivity index (χ3v) is 3.05. The largest absolute Gasteiger partial charge is 0.495 e. The number of methoxy groups -OCH3 is 1. The minimum Gasteiger partial charge on any atom is -0.495 e. The highest BCUT2D eigenvalue weighted by atomic mass is 16.5. The molecule has 0 radical (unpaired) electrons. The summed E-state index contributed by atoms with van der Waals surface area (Å²) in [6.07, 6.45) is 0.709. The van der Waals surface area contributed by atoms with Gasteiger partial charge in [0.2, 0.25) is 5.91 Å². The van der Waals surface area contributed by atoms with Gasteiger partial charge in [0.25, 0.3) is 0 Å². The number of hydrogen-bond acceptors (Lipinski definition) is 3. The molecule has 86 valence electrons. The maximum Gasteiger partial charge on any atom is 0.241 e. The molecule has 0 bridgehead atoms. The van der Waals surface area contributed by atoms with Crippen LogP contribution in [0.3, 0.4) is 0 Å². The lowest BCUT2D eigenvalue weighted by Gasteiger charge is -2.27. The van der Waals surface area contributed by atoms with Crippen molar-refractivity contribution in [2.24, 2.45) is 0 Å². The number of fused-ring (bicyclic) bond motifs is 1. The number of likely N-dealkylation sites (N-methyl/N-ethyl adjacent to an activating group) is 1. The van der Waals surface area contributed by atoms with E-state index in [0.717, 1.165) is 17.0 Å². The number of ether oxygens (including phenoxy) is 1. The fraction of sp³-hybridized carbons (Fsp3) is 0.417. The maximum atomic E-state index is 11.7. The minimum absolute atomic E-state index is 0.00102. The van der Waals surface area contributed by atoms with E-state index in [1.54, 1.807) is 14.2 Å². The second-order valence-corrected chi connectivity index (χ2v) is 3.97. The molecular weight excluding hydrogens is 204 g/mol. The van der Waals surface area contributed by atoms with Crippen molar-refractivity contribution in [2.45, 2.75) is 19.4 Å². The van der Waals surface area contributed by atoms with Gasteiger partial charge in [-0.1, -0.05) is 6.07 Å². The molecule has 0 saturated carbocycles. The smallest absolute Gasteiger partial charge is 0.241 e. The minimum atomic E-state index is -0.154. The van der Waals surface area contributed by atoms with Crippen LogP contribution >= 0.6 is 0 Å². The molecule has 1 atom stereocenters. The van der Waals surface area contributed by atoms with Crippen molar-refractivity contribution in [1.82, 2.24) is 5.32 Å². The van der Waals surface area contributed by atoms with Crippen LogP contribution in [0.2, 0.25) is 0 Å². The first-order chi connectivity index (χ1) is 7.67. The standard InChI is InChI=1S/C12H16N2O2/c1-7-4-5-10(16-3)11-8(7)6-9(13-2)12(15)14-11/h4-5,9,13H,6H2,1-3H3,(H,14,15). The zero-order chi connectivity index (χ0) is 11.7. The zero-order valence-electron chi connectivity index (χ0n) is 9.76. The van der Waals surface area contributed by atoms with Crippen LogP contribution in [0.5, 0.6) is 5.75 Å². The number of carbonyl (C=O) groups is 1. The first kappa shape index (κ1) is 11.0. The van der Waals surface area contributed by atoms with E-state index < -0.39 is 0 Å². The van der Waals surface area contributed by atoms with E-state index in [1.807, 2.05) is 19.1 Å². The fourth-order valence-corrected chi connectivity index (χ4v) is 2.04. The molecule has 0 saturated heterocycles. The topological polar surface area (TPSA) is 50.4 Å². The van der Waals surface area contributed by atoms with Crippen LogP contribution in [0.1, 0.15) is 11.1 Å². The van der Waals surface area contributed by atoms with E-state index in [9.17, 15) is 4.79 Å². The molecule has 1 aliphatic heterocycles. The number of aryl methyl sites for hydroxylation is 1. The molecule has 0 aromatic heterocycles. The highest BCUT2D eigenvalue weighted by Gasteiger charge is 2.27. The molecule has 1 amide bonds. The zero-order valence-corrected chi connectivity index (χ0v) is 9.76. The first-order valence-corrected chi connectivity index (χ1v) is 5.32. The summed E-state index contributed by atoms with van der Waals surface area (Å²) in [5.41, 5.74) is 3.15. The number of amides is 1. The molecule has 2 N–H and O–H groups in total. The van der Waals surface area contributed by atoms with Gasteiger partial charge < -0.3 is 15.4 Å². The van der Waals surface area contributed by atoms with Gasteiger partial charge in [-0.15, -0.1) is 0 Å². The number of carbonyl (C=O) groups excluding carboxylic acids is 1. The van der Waals surface area contributed by atoms with E-state index >= 15 is 0 Å². The second-order valence-electron chi connectivity index (χ2n) is 3.97. The second kappa shape index (κ2) is 4.14. The van der Waals surface area contributed by atoms with Crippen molar-refractivity contribution >= 4 is 11.6 Å². The average molecular weight is 220 g/mol. The molecule has 1 aromatic carbocycles. The van der Waals surface area contributed by atoms with Gasteiger partial charge in [-0.2, -0.15) is 0 Å². The van der Waals surface area contributed by atoms with Crippen LogP contribution in [0.4, 0.5) is 5.69 Å². The molecule has 1 aromatic rings. The van der Waals surface area contributed by atoms with Gasteiger partial charge in [-0.25, -0.2) is 0 Å². The Morgan fingerprint density at radius 1 is 1.50 bits per heavy atom. The third kappa shape index (κ3) is 1.65. The quantitative estimate of drug-likeness (QED) is 0.784. The van der Waals surface area contributed by atoms with Gasteiger partial charge >= 0.3 is 0 Å². The molecule has 2 rings (SSSR count). The van der Waals surface area contributed by atoms with Crippen molar-refractivity contribution in [1.29, 1.82) is 0 Å². The normalized spacial score (nSPS) is 18.9. The first-order valence-electron chi connectivity index (χ1n) is 5.32. The molecule has 1 unspecified atom stereocenters. The van der Waals surface area contributed by atoms with E-state index in [0.29, 0.717) is 6.42 Å². The Hall–Kier alpha value is -1.55. The Balaban J connectivity index is 2.48. The van der Waals surface area contributed by atoms with Crippen LogP contribution < -0.4 is 15.4 Å². The SMILES string of the molecule is CNC1Cc2c(C)ccc(OC)c2NC1=O. The third-order valence-electron chi connectivity index (χ3n) is 3.05. The molecule has 1 heterocycles. The van der Waals surface area contributed by atoms with Gasteiger partial charge in [-0.05, 0) is 37.6 Å². The maximum absolute atomic E-state index is 11.7. The van der Waals surface area contributed by atoms with Gasteiger partial charge in [0.15, 0.2) is 0 Å². The van der Waals surface area contributed by atoms with E-state index in [1.165, 1.54) is 5.56 Å². The molecule has 4 nitrogen and oxygen atoms in total.